The third-order valence-corrected chi connectivity index (χ3v) is 6.54. The zero-order valence-electron chi connectivity index (χ0n) is 18.6. The molecule has 2 aromatic carbocycles. The fraction of sp³-hybridized carbons (Fsp3) is 0.440. The minimum atomic E-state index is -0.0750. The number of fused-ring (bicyclic) bond motifs is 1. The van der Waals surface area contributed by atoms with Crippen LogP contribution >= 0.6 is 11.6 Å². The lowest BCUT2D eigenvalue weighted by Gasteiger charge is -2.39. The maximum atomic E-state index is 13.4. The topological polar surface area (TPSA) is 61.9 Å². The van der Waals surface area contributed by atoms with Crippen LogP contribution in [0, 0.1) is 12.8 Å². The maximum Gasteiger partial charge on any atom is 0.324 e. The van der Waals surface area contributed by atoms with Gasteiger partial charge in [-0.25, -0.2) is 4.79 Å². The number of ether oxygens (including phenoxy) is 1. The van der Waals surface area contributed by atoms with Gasteiger partial charge in [-0.3, -0.25) is 9.69 Å². The van der Waals surface area contributed by atoms with Crippen LogP contribution in [0.2, 0.25) is 5.02 Å². The minimum Gasteiger partial charge on any atom is -0.486 e. The molecule has 1 saturated heterocycles. The fourth-order valence-corrected chi connectivity index (χ4v) is 4.42. The number of carbonyl (C=O) groups excluding carboxylic acids is 2. The summed E-state index contributed by atoms with van der Waals surface area (Å²) in [4.78, 5) is 29.7. The number of amides is 3. The van der Waals surface area contributed by atoms with Gasteiger partial charge in [0.1, 0.15) is 11.9 Å². The van der Waals surface area contributed by atoms with E-state index in [1.807, 2.05) is 59.2 Å². The van der Waals surface area contributed by atoms with Gasteiger partial charge in [-0.15, -0.1) is 0 Å². The Hall–Kier alpha value is -2.73. The van der Waals surface area contributed by atoms with E-state index in [1.165, 1.54) is 0 Å². The molecule has 2 aliphatic rings. The lowest BCUT2D eigenvalue weighted by Crippen LogP contribution is -2.52. The molecule has 0 saturated carbocycles. The second-order valence-electron chi connectivity index (χ2n) is 8.62. The molecule has 1 N–H and O–H groups in total. The maximum absolute atomic E-state index is 13.4. The van der Waals surface area contributed by atoms with Gasteiger partial charge in [0.25, 0.3) is 0 Å². The molecule has 0 aromatic heterocycles. The molecular formula is C25H30ClN3O3. The molecule has 3 amide bonds. The molecule has 0 aliphatic carbocycles. The number of carbonyl (C=O) groups is 2. The highest BCUT2D eigenvalue weighted by atomic mass is 35.5. The van der Waals surface area contributed by atoms with Crippen LogP contribution < -0.4 is 15.0 Å². The highest BCUT2D eigenvalue weighted by Crippen LogP contribution is 2.36. The number of nitrogens with zero attached hydrogens (tertiary/aromatic N) is 2. The zero-order chi connectivity index (χ0) is 22.7. The molecule has 1 fully saturated rings. The third-order valence-electron chi connectivity index (χ3n) is 6.29. The lowest BCUT2D eigenvalue weighted by molar-refractivity contribution is -0.126. The first-order valence-corrected chi connectivity index (χ1v) is 11.7. The fourth-order valence-electron chi connectivity index (χ4n) is 4.29. The summed E-state index contributed by atoms with van der Waals surface area (Å²) in [7, 11) is 0. The van der Waals surface area contributed by atoms with Gasteiger partial charge >= 0.3 is 6.03 Å². The average molecular weight is 456 g/mol. The Balaban J connectivity index is 1.34. The summed E-state index contributed by atoms with van der Waals surface area (Å²) in [5.74, 6) is 0.734. The van der Waals surface area contributed by atoms with Crippen LogP contribution in [0.5, 0.6) is 5.75 Å². The Morgan fingerprint density at radius 3 is 2.53 bits per heavy atom. The summed E-state index contributed by atoms with van der Waals surface area (Å²) in [6.45, 7) is 6.27. The van der Waals surface area contributed by atoms with Gasteiger partial charge in [0.05, 0.1) is 12.2 Å². The van der Waals surface area contributed by atoms with Crippen molar-refractivity contribution in [1.29, 1.82) is 0 Å². The van der Waals surface area contributed by atoms with Gasteiger partial charge < -0.3 is 15.0 Å². The van der Waals surface area contributed by atoms with E-state index in [2.05, 4.69) is 12.2 Å². The van der Waals surface area contributed by atoms with Crippen molar-refractivity contribution in [3.63, 3.8) is 0 Å². The van der Waals surface area contributed by atoms with E-state index in [0.29, 0.717) is 44.0 Å². The second-order valence-corrected chi connectivity index (χ2v) is 9.05. The third kappa shape index (κ3) is 5.01. The molecule has 0 spiro atoms. The molecule has 2 heterocycles. The van der Waals surface area contributed by atoms with E-state index >= 15 is 0 Å². The minimum absolute atomic E-state index is 0.00128. The number of nitrogens with one attached hydrogen (secondary N) is 1. The van der Waals surface area contributed by atoms with Gasteiger partial charge in [0.15, 0.2) is 0 Å². The van der Waals surface area contributed by atoms with Crippen molar-refractivity contribution in [3.8, 4) is 5.75 Å². The molecule has 4 rings (SSSR count). The number of hydrogen-bond acceptors (Lipinski definition) is 3. The summed E-state index contributed by atoms with van der Waals surface area (Å²) in [5, 5.41) is 3.70. The zero-order valence-corrected chi connectivity index (χ0v) is 19.4. The van der Waals surface area contributed by atoms with Gasteiger partial charge in [-0.1, -0.05) is 36.7 Å². The number of rotatable bonds is 4. The van der Waals surface area contributed by atoms with E-state index in [1.54, 1.807) is 0 Å². The highest BCUT2D eigenvalue weighted by Gasteiger charge is 2.34. The van der Waals surface area contributed by atoms with Gasteiger partial charge in [-0.05, 0) is 61.6 Å². The Bertz CT molecular complexity index is 971. The van der Waals surface area contributed by atoms with Gasteiger partial charge in [-0.2, -0.15) is 0 Å². The number of aryl methyl sites for hydroxylation is 1. The van der Waals surface area contributed by atoms with Crippen molar-refractivity contribution in [3.05, 3.63) is 58.6 Å². The van der Waals surface area contributed by atoms with Crippen molar-refractivity contribution in [2.75, 3.05) is 24.5 Å². The largest absolute Gasteiger partial charge is 0.486 e. The van der Waals surface area contributed by atoms with E-state index < -0.39 is 0 Å². The molecule has 2 aromatic rings. The van der Waals surface area contributed by atoms with Crippen molar-refractivity contribution < 1.29 is 14.3 Å². The number of piperidine rings is 1. The number of likely N-dealkylation sites (tertiary alicyclic amines) is 1. The molecule has 1 unspecified atom stereocenters. The lowest BCUT2D eigenvalue weighted by atomic mass is 9.96. The Labute approximate surface area is 194 Å². The van der Waals surface area contributed by atoms with Crippen LogP contribution in [0.4, 0.5) is 10.5 Å². The standard InChI is InChI=1S/C25H30ClN3O3/c1-3-21-16-29(22-14-17(2)4-9-23(22)32-21)25(31)28-12-10-19(11-13-28)24(30)27-15-18-5-7-20(26)8-6-18/h4-9,14,19,21H,3,10-13,15-16H2,1-2H3,(H,27,30). The Morgan fingerprint density at radius 2 is 1.84 bits per heavy atom. The SMILES string of the molecule is CCC1CN(C(=O)N2CCC(C(=O)NCc3ccc(Cl)cc3)CC2)c2cc(C)ccc2O1. The molecule has 0 radical (unpaired) electrons. The summed E-state index contributed by atoms with van der Waals surface area (Å²) in [5.41, 5.74) is 2.95. The highest BCUT2D eigenvalue weighted by molar-refractivity contribution is 6.30. The van der Waals surface area contributed by atoms with Crippen LogP contribution in [0.1, 0.15) is 37.3 Å². The quantitative estimate of drug-likeness (QED) is 0.722. The molecule has 6 nitrogen and oxygen atoms in total. The van der Waals surface area contributed by atoms with E-state index in [0.717, 1.165) is 29.0 Å². The molecule has 7 heteroatoms. The first kappa shape index (κ1) is 22.5. The molecule has 1 atom stereocenters. The summed E-state index contributed by atoms with van der Waals surface area (Å²) < 4.78 is 6.05. The molecule has 2 aliphatic heterocycles. The Kier molecular flexibility index (Phi) is 6.89. The first-order chi connectivity index (χ1) is 15.4. The van der Waals surface area contributed by atoms with E-state index in [9.17, 15) is 9.59 Å². The molecule has 170 valence electrons. The van der Waals surface area contributed by atoms with E-state index in [-0.39, 0.29) is 24.0 Å². The normalized spacial score (nSPS) is 18.7. The second kappa shape index (κ2) is 9.82. The summed E-state index contributed by atoms with van der Waals surface area (Å²) in [6, 6.07) is 13.4. The Morgan fingerprint density at radius 1 is 1.12 bits per heavy atom. The number of urea groups is 1. The van der Waals surface area contributed by atoms with Crippen molar-refractivity contribution in [1.82, 2.24) is 10.2 Å². The van der Waals surface area contributed by atoms with Crippen LogP contribution in [0.25, 0.3) is 0 Å². The van der Waals surface area contributed by atoms with Crippen molar-refractivity contribution >= 4 is 29.2 Å². The number of halogens is 1. The summed E-state index contributed by atoms with van der Waals surface area (Å²) >= 11 is 5.91. The van der Waals surface area contributed by atoms with Crippen LogP contribution in [0.15, 0.2) is 42.5 Å². The van der Waals surface area contributed by atoms with Gasteiger partial charge in [0, 0.05) is 30.6 Å². The monoisotopic (exact) mass is 455 g/mol. The van der Waals surface area contributed by atoms with Crippen LogP contribution in [-0.4, -0.2) is 42.6 Å². The number of hydrogen-bond donors (Lipinski definition) is 1. The summed E-state index contributed by atoms with van der Waals surface area (Å²) in [6.07, 6.45) is 2.17. The van der Waals surface area contributed by atoms with Crippen LogP contribution in [-0.2, 0) is 11.3 Å². The molecule has 32 heavy (non-hydrogen) atoms. The predicted molar refractivity (Wildman–Crippen MR) is 126 cm³/mol. The van der Waals surface area contributed by atoms with Gasteiger partial charge in [0.2, 0.25) is 5.91 Å². The van der Waals surface area contributed by atoms with Crippen molar-refractivity contribution in [2.45, 2.75) is 45.8 Å². The van der Waals surface area contributed by atoms with Crippen molar-refractivity contribution in [2.24, 2.45) is 5.92 Å². The van der Waals surface area contributed by atoms with E-state index in [4.69, 9.17) is 16.3 Å². The number of anilines is 1. The van der Waals surface area contributed by atoms with Crippen LogP contribution in [0.3, 0.4) is 0 Å². The molecular weight excluding hydrogens is 426 g/mol. The predicted octanol–water partition coefficient (Wildman–Crippen LogP) is 4.77. The molecule has 0 bridgehead atoms. The first-order valence-electron chi connectivity index (χ1n) is 11.3. The smallest absolute Gasteiger partial charge is 0.324 e. The number of benzene rings is 2. The average Bonchev–Trinajstić information content (AvgIpc) is 2.82.